The molecular weight excluding hydrogens is 330 g/mol. The number of carbonyl (C=O) groups is 1. The van der Waals surface area contributed by atoms with E-state index in [1.54, 1.807) is 6.20 Å². The lowest BCUT2D eigenvalue weighted by molar-refractivity contribution is -0.115. The Morgan fingerprint density at radius 1 is 1.23 bits per heavy atom. The highest BCUT2D eigenvalue weighted by molar-refractivity contribution is 5.99. The fourth-order valence-corrected chi connectivity index (χ4v) is 3.35. The minimum Gasteiger partial charge on any atom is -0.379 e. The molecule has 26 heavy (non-hydrogen) atoms. The van der Waals surface area contributed by atoms with E-state index < -0.39 is 0 Å². The van der Waals surface area contributed by atoms with Gasteiger partial charge in [0.25, 0.3) is 0 Å². The molecule has 0 unspecified atom stereocenters. The summed E-state index contributed by atoms with van der Waals surface area (Å²) in [6.07, 6.45) is 3.08. The van der Waals surface area contributed by atoms with Gasteiger partial charge in [0.15, 0.2) is 0 Å². The summed E-state index contributed by atoms with van der Waals surface area (Å²) in [5.74, 6) is 0.570. The lowest BCUT2D eigenvalue weighted by atomic mass is 10.1. The smallest absolute Gasteiger partial charge is 0.228 e. The van der Waals surface area contributed by atoms with E-state index in [-0.39, 0.29) is 5.91 Å². The molecule has 0 radical (unpaired) electrons. The van der Waals surface area contributed by atoms with E-state index in [0.29, 0.717) is 12.4 Å². The number of aromatic nitrogens is 2. The van der Waals surface area contributed by atoms with Crippen molar-refractivity contribution >= 4 is 17.5 Å². The summed E-state index contributed by atoms with van der Waals surface area (Å²) in [6.45, 7) is 5.53. The van der Waals surface area contributed by atoms with Crippen molar-refractivity contribution in [2.75, 3.05) is 50.0 Å². The maximum Gasteiger partial charge on any atom is 0.228 e. The Labute approximate surface area is 152 Å². The van der Waals surface area contributed by atoms with Gasteiger partial charge < -0.3 is 15.4 Å². The van der Waals surface area contributed by atoms with Gasteiger partial charge in [0, 0.05) is 37.0 Å². The summed E-state index contributed by atoms with van der Waals surface area (Å²) in [7, 11) is 0. The van der Waals surface area contributed by atoms with E-state index in [4.69, 9.17) is 4.74 Å². The van der Waals surface area contributed by atoms with Crippen LogP contribution in [0, 0.1) is 0 Å². The lowest BCUT2D eigenvalue weighted by Crippen LogP contribution is -2.37. The Bertz CT molecular complexity index is 789. The molecule has 2 N–H and O–H groups in total. The largest absolute Gasteiger partial charge is 0.379 e. The van der Waals surface area contributed by atoms with E-state index in [0.717, 1.165) is 68.3 Å². The number of amides is 1. The van der Waals surface area contributed by atoms with E-state index in [1.165, 1.54) is 0 Å². The van der Waals surface area contributed by atoms with Crippen LogP contribution in [0.5, 0.6) is 0 Å². The van der Waals surface area contributed by atoms with Gasteiger partial charge in [0.2, 0.25) is 11.9 Å². The van der Waals surface area contributed by atoms with Crippen LogP contribution in [0.1, 0.15) is 12.0 Å². The first-order valence-corrected chi connectivity index (χ1v) is 9.09. The zero-order valence-corrected chi connectivity index (χ0v) is 14.7. The molecule has 0 bridgehead atoms. The maximum absolute atomic E-state index is 12.1. The van der Waals surface area contributed by atoms with Crippen LogP contribution in [-0.2, 0) is 16.0 Å². The minimum absolute atomic E-state index is 0.0361. The molecule has 0 atom stereocenters. The quantitative estimate of drug-likeness (QED) is 0.798. The first-order valence-electron chi connectivity index (χ1n) is 9.09. The van der Waals surface area contributed by atoms with Crippen LogP contribution in [-0.4, -0.2) is 60.2 Å². The van der Waals surface area contributed by atoms with Gasteiger partial charge >= 0.3 is 0 Å². The lowest BCUT2D eigenvalue weighted by Gasteiger charge is -2.26. The van der Waals surface area contributed by atoms with Gasteiger partial charge in [-0.05, 0) is 19.0 Å². The Hall–Kier alpha value is -2.51. The fourth-order valence-electron chi connectivity index (χ4n) is 3.35. The Balaban J connectivity index is 1.44. The summed E-state index contributed by atoms with van der Waals surface area (Å²) in [6, 6.07) is 7.75. The van der Waals surface area contributed by atoms with E-state index in [9.17, 15) is 4.79 Å². The Kier molecular flexibility index (Phi) is 5.08. The average Bonchev–Trinajstić information content (AvgIpc) is 2.81. The predicted molar refractivity (Wildman–Crippen MR) is 100 cm³/mol. The van der Waals surface area contributed by atoms with Gasteiger partial charge in [0.1, 0.15) is 0 Å². The van der Waals surface area contributed by atoms with Crippen molar-refractivity contribution in [3.63, 3.8) is 0 Å². The van der Waals surface area contributed by atoms with Gasteiger partial charge in [-0.15, -0.1) is 0 Å². The number of ether oxygens (including phenoxy) is 1. The number of para-hydroxylation sites is 1. The Morgan fingerprint density at radius 2 is 2.08 bits per heavy atom. The van der Waals surface area contributed by atoms with Crippen molar-refractivity contribution in [2.24, 2.45) is 0 Å². The van der Waals surface area contributed by atoms with Crippen molar-refractivity contribution in [1.29, 1.82) is 0 Å². The number of rotatable bonds is 5. The maximum atomic E-state index is 12.1. The minimum atomic E-state index is -0.0361. The van der Waals surface area contributed by atoms with E-state index >= 15 is 0 Å². The molecule has 1 saturated heterocycles. The topological polar surface area (TPSA) is 79.4 Å². The second-order valence-electron chi connectivity index (χ2n) is 6.57. The van der Waals surface area contributed by atoms with Crippen LogP contribution in [0.15, 0.2) is 30.5 Å². The number of hydrogen-bond donors (Lipinski definition) is 2. The summed E-state index contributed by atoms with van der Waals surface area (Å²) in [5, 5.41) is 6.25. The van der Waals surface area contributed by atoms with Gasteiger partial charge in [-0.1, -0.05) is 18.2 Å². The summed E-state index contributed by atoms with van der Waals surface area (Å²) in [5.41, 5.74) is 3.41. The van der Waals surface area contributed by atoms with Crippen LogP contribution in [0.25, 0.3) is 11.3 Å². The standard InChI is InChI=1S/C19H23N5O2/c25-17-12-14-13-21-19(20-6-3-7-24-8-10-26-11-9-24)23-18(14)15-4-1-2-5-16(15)22-17/h1-2,4-5,13H,3,6-12H2,(H,22,25)(H,20,21,23). The van der Waals surface area contributed by atoms with Crippen LogP contribution in [0.3, 0.4) is 0 Å². The number of morpholine rings is 1. The fraction of sp³-hybridized carbons (Fsp3) is 0.421. The summed E-state index contributed by atoms with van der Waals surface area (Å²) in [4.78, 5) is 23.5. The first kappa shape index (κ1) is 16.9. The van der Waals surface area contributed by atoms with Crippen LogP contribution < -0.4 is 10.6 Å². The van der Waals surface area contributed by atoms with Crippen LogP contribution in [0.2, 0.25) is 0 Å². The molecule has 2 aliphatic rings. The molecule has 1 fully saturated rings. The van der Waals surface area contributed by atoms with Gasteiger partial charge in [-0.25, -0.2) is 9.97 Å². The number of benzene rings is 1. The molecule has 0 spiro atoms. The molecule has 1 amide bonds. The molecule has 3 heterocycles. The SMILES string of the molecule is O=C1Cc2cnc(NCCCN3CCOCC3)nc2-c2ccccc2N1. The molecule has 2 aliphatic heterocycles. The molecule has 2 aromatic rings. The second-order valence-corrected chi connectivity index (χ2v) is 6.57. The van der Waals surface area contributed by atoms with Crippen molar-refractivity contribution in [1.82, 2.24) is 14.9 Å². The normalized spacial score (nSPS) is 17.0. The Morgan fingerprint density at radius 3 is 2.96 bits per heavy atom. The van der Waals surface area contributed by atoms with Gasteiger partial charge in [0.05, 0.1) is 31.0 Å². The highest BCUT2D eigenvalue weighted by atomic mass is 16.5. The van der Waals surface area contributed by atoms with E-state index in [1.807, 2.05) is 24.3 Å². The molecule has 7 nitrogen and oxygen atoms in total. The number of carbonyl (C=O) groups excluding carboxylic acids is 1. The van der Waals surface area contributed by atoms with Crippen molar-refractivity contribution in [3.05, 3.63) is 36.0 Å². The average molecular weight is 353 g/mol. The number of nitrogens with zero attached hydrogens (tertiary/aromatic N) is 3. The van der Waals surface area contributed by atoms with Crippen molar-refractivity contribution in [2.45, 2.75) is 12.8 Å². The van der Waals surface area contributed by atoms with Crippen molar-refractivity contribution < 1.29 is 9.53 Å². The van der Waals surface area contributed by atoms with Gasteiger partial charge in [-0.2, -0.15) is 0 Å². The monoisotopic (exact) mass is 353 g/mol. The third kappa shape index (κ3) is 3.84. The molecule has 4 rings (SSSR count). The highest BCUT2D eigenvalue weighted by Crippen LogP contribution is 2.32. The first-order chi connectivity index (χ1) is 12.8. The predicted octanol–water partition coefficient (Wildman–Crippen LogP) is 1.77. The van der Waals surface area contributed by atoms with Gasteiger partial charge in [-0.3, -0.25) is 9.69 Å². The number of nitrogens with one attached hydrogen (secondary N) is 2. The molecule has 7 heteroatoms. The highest BCUT2D eigenvalue weighted by Gasteiger charge is 2.20. The number of fused-ring (bicyclic) bond motifs is 3. The third-order valence-electron chi connectivity index (χ3n) is 4.71. The van der Waals surface area contributed by atoms with Crippen LogP contribution >= 0.6 is 0 Å². The molecule has 1 aromatic heterocycles. The molecule has 0 saturated carbocycles. The zero-order valence-electron chi connectivity index (χ0n) is 14.7. The van der Waals surface area contributed by atoms with Crippen LogP contribution in [0.4, 0.5) is 11.6 Å². The third-order valence-corrected chi connectivity index (χ3v) is 4.71. The van der Waals surface area contributed by atoms with E-state index in [2.05, 4.69) is 25.5 Å². The number of hydrogen-bond acceptors (Lipinski definition) is 6. The zero-order chi connectivity index (χ0) is 17.8. The van der Waals surface area contributed by atoms with Crippen molar-refractivity contribution in [3.8, 4) is 11.3 Å². The summed E-state index contributed by atoms with van der Waals surface area (Å²) >= 11 is 0. The summed E-state index contributed by atoms with van der Waals surface area (Å²) < 4.78 is 5.37. The molecule has 136 valence electrons. The second kappa shape index (κ2) is 7.80. The molecule has 1 aromatic carbocycles. The number of anilines is 2. The molecular formula is C19H23N5O2. The molecule has 0 aliphatic carbocycles.